The van der Waals surface area contributed by atoms with Crippen molar-refractivity contribution in [2.75, 3.05) is 12.4 Å². The number of benzene rings is 1. The summed E-state index contributed by atoms with van der Waals surface area (Å²) >= 11 is 0. The number of sulfonamides is 1. The molecule has 2 N–H and O–H groups in total. The Labute approximate surface area is 155 Å². The number of nitrogens with zero attached hydrogens (tertiary/aromatic N) is 2. The first-order chi connectivity index (χ1) is 12.4. The number of rotatable bonds is 5. The van der Waals surface area contributed by atoms with Gasteiger partial charge in [-0.1, -0.05) is 31.9 Å². The Bertz CT molecular complexity index is 866. The van der Waals surface area contributed by atoms with Gasteiger partial charge in [0, 0.05) is 11.6 Å². The first kappa shape index (κ1) is 18.8. The van der Waals surface area contributed by atoms with E-state index in [1.165, 1.54) is 26.3 Å². The number of aryl methyl sites for hydroxylation is 1. The van der Waals surface area contributed by atoms with Gasteiger partial charge in [-0.2, -0.15) is 0 Å². The molecule has 0 amide bonds. The highest BCUT2D eigenvalue weighted by Crippen LogP contribution is 2.27. The lowest BCUT2D eigenvalue weighted by molar-refractivity contribution is 0.349. The molecular formula is C19H26N4O2S. The zero-order valence-electron chi connectivity index (χ0n) is 15.5. The number of nitrogens with one attached hydrogen (secondary N) is 2. The van der Waals surface area contributed by atoms with Crippen molar-refractivity contribution in [1.29, 1.82) is 0 Å². The van der Waals surface area contributed by atoms with Crippen molar-refractivity contribution >= 4 is 15.8 Å². The fraction of sp³-hybridized carbons (Fsp3) is 0.474. The van der Waals surface area contributed by atoms with Gasteiger partial charge in [-0.3, -0.25) is 0 Å². The van der Waals surface area contributed by atoms with Gasteiger partial charge >= 0.3 is 0 Å². The lowest BCUT2D eigenvalue weighted by Crippen LogP contribution is -2.30. The molecule has 2 aromatic rings. The zero-order chi connectivity index (χ0) is 18.7. The van der Waals surface area contributed by atoms with Gasteiger partial charge in [-0.25, -0.2) is 13.1 Å². The smallest absolute Gasteiger partial charge is 0.240 e. The SMILES string of the molecule is CNS(=O)(=O)c1cc(-c2ccc(NC3CCCCC3C)nn2)ccc1C. The van der Waals surface area contributed by atoms with E-state index in [1.807, 2.05) is 18.2 Å². The fourth-order valence-corrected chi connectivity index (χ4v) is 4.44. The Balaban J connectivity index is 1.81. The van der Waals surface area contributed by atoms with Crippen LogP contribution in [0.4, 0.5) is 5.82 Å². The second-order valence-corrected chi connectivity index (χ2v) is 8.86. The standard InChI is InChI=1S/C19H26N4O2S/c1-13-6-4-5-7-16(13)21-19-11-10-17(22-23-19)15-9-8-14(2)18(12-15)26(24,25)20-3/h8-13,16,20H,4-7H2,1-3H3,(H,21,23). The van der Waals surface area contributed by atoms with E-state index in [2.05, 4.69) is 27.2 Å². The molecule has 2 atom stereocenters. The minimum Gasteiger partial charge on any atom is -0.366 e. The number of aromatic nitrogens is 2. The van der Waals surface area contributed by atoms with Crippen LogP contribution in [0, 0.1) is 12.8 Å². The van der Waals surface area contributed by atoms with Crippen molar-refractivity contribution < 1.29 is 8.42 Å². The molecule has 140 valence electrons. The Morgan fingerprint density at radius 2 is 1.85 bits per heavy atom. The molecule has 6 nitrogen and oxygen atoms in total. The van der Waals surface area contributed by atoms with E-state index < -0.39 is 10.0 Å². The van der Waals surface area contributed by atoms with Crippen molar-refractivity contribution in [3.63, 3.8) is 0 Å². The highest BCUT2D eigenvalue weighted by atomic mass is 32.2. The summed E-state index contributed by atoms with van der Waals surface area (Å²) in [4.78, 5) is 0.262. The van der Waals surface area contributed by atoms with Crippen molar-refractivity contribution in [3.05, 3.63) is 35.9 Å². The predicted molar refractivity (Wildman–Crippen MR) is 103 cm³/mol. The molecule has 0 saturated heterocycles. The van der Waals surface area contributed by atoms with Crippen molar-refractivity contribution in [1.82, 2.24) is 14.9 Å². The second kappa shape index (κ2) is 7.72. The highest BCUT2D eigenvalue weighted by Gasteiger charge is 2.21. The maximum atomic E-state index is 12.2. The van der Waals surface area contributed by atoms with Gasteiger partial charge < -0.3 is 5.32 Å². The van der Waals surface area contributed by atoms with E-state index in [1.54, 1.807) is 19.1 Å². The van der Waals surface area contributed by atoms with Crippen LogP contribution in [0.2, 0.25) is 0 Å². The van der Waals surface area contributed by atoms with Crippen molar-refractivity contribution in [3.8, 4) is 11.3 Å². The highest BCUT2D eigenvalue weighted by molar-refractivity contribution is 7.89. The van der Waals surface area contributed by atoms with Gasteiger partial charge in [0.1, 0.15) is 5.82 Å². The van der Waals surface area contributed by atoms with Gasteiger partial charge in [0.15, 0.2) is 0 Å². The summed E-state index contributed by atoms with van der Waals surface area (Å²) in [5.74, 6) is 1.40. The van der Waals surface area contributed by atoms with E-state index in [-0.39, 0.29) is 4.90 Å². The average Bonchev–Trinajstić information content (AvgIpc) is 2.64. The maximum absolute atomic E-state index is 12.2. The average molecular weight is 375 g/mol. The molecule has 1 aromatic heterocycles. The van der Waals surface area contributed by atoms with Crippen molar-refractivity contribution in [2.45, 2.75) is 50.5 Å². The van der Waals surface area contributed by atoms with Crippen LogP contribution in [0.3, 0.4) is 0 Å². The minimum atomic E-state index is -3.50. The molecule has 2 unspecified atom stereocenters. The largest absolute Gasteiger partial charge is 0.366 e. The molecule has 1 heterocycles. The molecule has 0 bridgehead atoms. The van der Waals surface area contributed by atoms with Crippen LogP contribution in [-0.4, -0.2) is 31.7 Å². The Morgan fingerprint density at radius 3 is 2.50 bits per heavy atom. The molecule has 0 aliphatic heterocycles. The van der Waals surface area contributed by atoms with Crippen LogP contribution >= 0.6 is 0 Å². The third-order valence-corrected chi connectivity index (χ3v) is 6.71. The third kappa shape index (κ3) is 4.04. The van der Waals surface area contributed by atoms with E-state index in [4.69, 9.17) is 0 Å². The molecule has 3 rings (SSSR count). The lowest BCUT2D eigenvalue weighted by atomic mass is 9.86. The van der Waals surface area contributed by atoms with E-state index in [9.17, 15) is 8.42 Å². The molecular weight excluding hydrogens is 348 g/mol. The van der Waals surface area contributed by atoms with Gasteiger partial charge in [0.05, 0.1) is 10.6 Å². The van der Waals surface area contributed by atoms with Gasteiger partial charge in [0.25, 0.3) is 0 Å². The Hall–Kier alpha value is -1.99. The molecule has 26 heavy (non-hydrogen) atoms. The first-order valence-corrected chi connectivity index (χ1v) is 10.5. The van der Waals surface area contributed by atoms with E-state index in [0.717, 1.165) is 17.8 Å². The van der Waals surface area contributed by atoms with E-state index in [0.29, 0.717) is 23.2 Å². The Kier molecular flexibility index (Phi) is 5.58. The second-order valence-electron chi connectivity index (χ2n) is 7.00. The van der Waals surface area contributed by atoms with Crippen LogP contribution in [-0.2, 0) is 10.0 Å². The summed E-state index contributed by atoms with van der Waals surface area (Å²) < 4.78 is 26.7. The summed E-state index contributed by atoms with van der Waals surface area (Å²) in [5, 5.41) is 12.1. The van der Waals surface area contributed by atoms with Crippen LogP contribution in [0.1, 0.15) is 38.2 Å². The van der Waals surface area contributed by atoms with Crippen molar-refractivity contribution in [2.24, 2.45) is 5.92 Å². The molecule has 7 heteroatoms. The molecule has 1 aliphatic carbocycles. The molecule has 0 spiro atoms. The van der Waals surface area contributed by atoms with Crippen LogP contribution in [0.15, 0.2) is 35.2 Å². The normalized spacial score (nSPS) is 20.7. The van der Waals surface area contributed by atoms with Gasteiger partial charge in [-0.05, 0) is 56.5 Å². The van der Waals surface area contributed by atoms with Crippen LogP contribution in [0.5, 0.6) is 0 Å². The summed E-state index contributed by atoms with van der Waals surface area (Å²) in [6, 6.07) is 9.53. The monoisotopic (exact) mass is 374 g/mol. The quantitative estimate of drug-likeness (QED) is 0.838. The molecule has 0 radical (unpaired) electrons. The third-order valence-electron chi connectivity index (χ3n) is 5.15. The number of anilines is 1. The van der Waals surface area contributed by atoms with Gasteiger partial charge in [0.2, 0.25) is 10.0 Å². The molecule has 1 aromatic carbocycles. The molecule has 1 saturated carbocycles. The van der Waals surface area contributed by atoms with Crippen LogP contribution < -0.4 is 10.0 Å². The predicted octanol–water partition coefficient (Wildman–Crippen LogP) is 3.35. The lowest BCUT2D eigenvalue weighted by Gasteiger charge is -2.29. The maximum Gasteiger partial charge on any atom is 0.240 e. The first-order valence-electron chi connectivity index (χ1n) is 9.05. The summed E-state index contributed by atoms with van der Waals surface area (Å²) in [6.45, 7) is 4.05. The number of hydrogen-bond acceptors (Lipinski definition) is 5. The Morgan fingerprint density at radius 1 is 1.08 bits per heavy atom. The van der Waals surface area contributed by atoms with Gasteiger partial charge in [-0.15, -0.1) is 10.2 Å². The molecule has 1 fully saturated rings. The van der Waals surface area contributed by atoms with E-state index >= 15 is 0 Å². The topological polar surface area (TPSA) is 84.0 Å². The summed E-state index contributed by atoms with van der Waals surface area (Å²) in [6.07, 6.45) is 4.96. The summed E-state index contributed by atoms with van der Waals surface area (Å²) in [7, 11) is -2.09. The summed E-state index contributed by atoms with van der Waals surface area (Å²) in [5.41, 5.74) is 2.08. The minimum absolute atomic E-state index is 0.262. The van der Waals surface area contributed by atoms with Crippen LogP contribution in [0.25, 0.3) is 11.3 Å². The number of hydrogen-bond donors (Lipinski definition) is 2. The fourth-order valence-electron chi connectivity index (χ4n) is 3.44. The zero-order valence-corrected chi connectivity index (χ0v) is 16.3. The molecule has 1 aliphatic rings.